The molecule has 0 aliphatic carbocycles. The fourth-order valence-corrected chi connectivity index (χ4v) is 1.97. The number of fused-ring (bicyclic) bond motifs is 1. The van der Waals surface area contributed by atoms with E-state index in [-0.39, 0.29) is 0 Å². The summed E-state index contributed by atoms with van der Waals surface area (Å²) in [6.07, 6.45) is 1.66. The third-order valence-electron chi connectivity index (χ3n) is 2.92. The van der Waals surface area contributed by atoms with Crippen molar-refractivity contribution in [2.45, 2.75) is 0 Å². The summed E-state index contributed by atoms with van der Waals surface area (Å²) in [7, 11) is 0. The van der Waals surface area contributed by atoms with Crippen molar-refractivity contribution in [2.24, 2.45) is 0 Å². The molecule has 0 aliphatic heterocycles. The van der Waals surface area contributed by atoms with Crippen LogP contribution in [0.15, 0.2) is 60.8 Å². The molecule has 0 bridgehead atoms. The van der Waals surface area contributed by atoms with Crippen LogP contribution < -0.4 is 5.32 Å². The van der Waals surface area contributed by atoms with Crippen LogP contribution in [0.4, 0.5) is 11.4 Å². The maximum absolute atomic E-state index is 8.70. The van der Waals surface area contributed by atoms with Gasteiger partial charge in [-0.15, -0.1) is 0 Å². The van der Waals surface area contributed by atoms with Crippen molar-refractivity contribution in [1.29, 1.82) is 5.26 Å². The van der Waals surface area contributed by atoms with Crippen molar-refractivity contribution in [3.05, 3.63) is 66.5 Å². The smallest absolute Gasteiger partial charge is 0.140 e. The largest absolute Gasteiger partial charge is 0.354 e. The molecule has 2 aromatic carbocycles. The number of nitriles is 1. The molecule has 0 aliphatic rings. The van der Waals surface area contributed by atoms with E-state index in [0.717, 1.165) is 11.4 Å². The average Bonchev–Trinajstić information content (AvgIpc) is 2.48. The number of pyridine rings is 1. The first-order valence-electron chi connectivity index (χ1n) is 5.97. The minimum Gasteiger partial charge on any atom is -0.354 e. The number of benzene rings is 2. The Balaban J connectivity index is 1.90. The van der Waals surface area contributed by atoms with Gasteiger partial charge in [-0.05, 0) is 35.0 Å². The van der Waals surface area contributed by atoms with Gasteiger partial charge in [0.15, 0.2) is 0 Å². The molecule has 1 aromatic heterocycles. The van der Waals surface area contributed by atoms with Crippen molar-refractivity contribution in [3.8, 4) is 6.07 Å². The highest BCUT2D eigenvalue weighted by Crippen LogP contribution is 2.21. The summed E-state index contributed by atoms with van der Waals surface area (Å²) in [4.78, 5) is 4.03. The van der Waals surface area contributed by atoms with Crippen LogP contribution >= 0.6 is 0 Å². The molecule has 3 heteroatoms. The molecule has 90 valence electrons. The van der Waals surface area contributed by atoms with E-state index in [2.05, 4.69) is 34.6 Å². The lowest BCUT2D eigenvalue weighted by Crippen LogP contribution is -1.92. The standard InChI is InChI=1S/C16H11N3/c17-10-15-7-8-16(11-18-15)19-14-6-5-12-3-1-2-4-13(12)9-14/h1-9,11,19H. The van der Waals surface area contributed by atoms with Gasteiger partial charge in [-0.1, -0.05) is 30.3 Å². The van der Waals surface area contributed by atoms with Gasteiger partial charge in [0.2, 0.25) is 0 Å². The monoisotopic (exact) mass is 245 g/mol. The number of nitrogens with zero attached hydrogens (tertiary/aromatic N) is 2. The summed E-state index contributed by atoms with van der Waals surface area (Å²) in [5.74, 6) is 0. The first-order chi connectivity index (χ1) is 9.35. The van der Waals surface area contributed by atoms with Crippen LogP contribution in [0, 0.1) is 11.3 Å². The van der Waals surface area contributed by atoms with Crippen molar-refractivity contribution in [1.82, 2.24) is 4.98 Å². The molecule has 0 amide bonds. The first-order valence-corrected chi connectivity index (χ1v) is 5.97. The minimum atomic E-state index is 0.420. The van der Waals surface area contributed by atoms with Crippen LogP contribution in [-0.4, -0.2) is 4.98 Å². The molecule has 3 nitrogen and oxygen atoms in total. The predicted molar refractivity (Wildman–Crippen MR) is 76.2 cm³/mol. The average molecular weight is 245 g/mol. The molecular weight excluding hydrogens is 234 g/mol. The van der Waals surface area contributed by atoms with Gasteiger partial charge >= 0.3 is 0 Å². The zero-order valence-corrected chi connectivity index (χ0v) is 10.2. The number of hydrogen-bond acceptors (Lipinski definition) is 3. The predicted octanol–water partition coefficient (Wildman–Crippen LogP) is 3.85. The third-order valence-corrected chi connectivity index (χ3v) is 2.92. The van der Waals surface area contributed by atoms with Crippen LogP contribution in [0.25, 0.3) is 10.8 Å². The van der Waals surface area contributed by atoms with Gasteiger partial charge < -0.3 is 5.32 Å². The summed E-state index contributed by atoms with van der Waals surface area (Å²) in [5.41, 5.74) is 2.29. The Morgan fingerprint density at radius 3 is 2.42 bits per heavy atom. The van der Waals surface area contributed by atoms with E-state index in [9.17, 15) is 0 Å². The van der Waals surface area contributed by atoms with Crippen molar-refractivity contribution < 1.29 is 0 Å². The molecule has 0 spiro atoms. The lowest BCUT2D eigenvalue weighted by atomic mass is 10.1. The topological polar surface area (TPSA) is 48.7 Å². The highest BCUT2D eigenvalue weighted by molar-refractivity contribution is 5.86. The van der Waals surface area contributed by atoms with Crippen LogP contribution in [0.5, 0.6) is 0 Å². The zero-order valence-electron chi connectivity index (χ0n) is 10.2. The van der Waals surface area contributed by atoms with Gasteiger partial charge in [0.1, 0.15) is 11.8 Å². The Morgan fingerprint density at radius 1 is 0.895 bits per heavy atom. The van der Waals surface area contributed by atoms with Crippen molar-refractivity contribution in [2.75, 3.05) is 5.32 Å². The Labute approximate surface area is 111 Å². The molecule has 3 rings (SSSR count). The number of nitrogens with one attached hydrogen (secondary N) is 1. The van der Waals surface area contributed by atoms with Gasteiger partial charge in [-0.3, -0.25) is 0 Å². The second kappa shape index (κ2) is 4.79. The molecule has 19 heavy (non-hydrogen) atoms. The lowest BCUT2D eigenvalue weighted by Gasteiger charge is -2.07. The van der Waals surface area contributed by atoms with Crippen LogP contribution in [0.2, 0.25) is 0 Å². The van der Waals surface area contributed by atoms with Crippen LogP contribution in [0.3, 0.4) is 0 Å². The van der Waals surface area contributed by atoms with E-state index in [4.69, 9.17) is 5.26 Å². The maximum atomic E-state index is 8.70. The Hall–Kier alpha value is -2.86. The summed E-state index contributed by atoms with van der Waals surface area (Å²) >= 11 is 0. The second-order valence-electron chi connectivity index (χ2n) is 4.23. The fourth-order valence-electron chi connectivity index (χ4n) is 1.97. The van der Waals surface area contributed by atoms with E-state index in [0.29, 0.717) is 5.69 Å². The van der Waals surface area contributed by atoms with Gasteiger partial charge in [0, 0.05) is 5.69 Å². The quantitative estimate of drug-likeness (QED) is 0.746. The highest BCUT2D eigenvalue weighted by Gasteiger charge is 1.98. The van der Waals surface area contributed by atoms with E-state index < -0.39 is 0 Å². The van der Waals surface area contributed by atoms with Crippen molar-refractivity contribution in [3.63, 3.8) is 0 Å². The van der Waals surface area contributed by atoms with Crippen LogP contribution in [-0.2, 0) is 0 Å². The van der Waals surface area contributed by atoms with Gasteiger partial charge in [-0.25, -0.2) is 4.98 Å². The third kappa shape index (κ3) is 2.38. The van der Waals surface area contributed by atoms with Gasteiger partial charge in [-0.2, -0.15) is 5.26 Å². The molecule has 3 aromatic rings. The van der Waals surface area contributed by atoms with E-state index in [1.807, 2.05) is 30.3 Å². The van der Waals surface area contributed by atoms with E-state index in [1.54, 1.807) is 12.3 Å². The number of hydrogen-bond donors (Lipinski definition) is 1. The molecule has 1 N–H and O–H groups in total. The molecule has 0 saturated carbocycles. The van der Waals surface area contributed by atoms with Crippen LogP contribution in [0.1, 0.15) is 5.69 Å². The maximum Gasteiger partial charge on any atom is 0.140 e. The second-order valence-corrected chi connectivity index (χ2v) is 4.23. The SMILES string of the molecule is N#Cc1ccc(Nc2ccc3ccccc3c2)cn1. The summed E-state index contributed by atoms with van der Waals surface area (Å²) < 4.78 is 0. The Bertz CT molecular complexity index is 755. The molecular formula is C16H11N3. The molecule has 1 heterocycles. The van der Waals surface area contributed by atoms with Gasteiger partial charge in [0.05, 0.1) is 11.9 Å². The van der Waals surface area contributed by atoms with E-state index >= 15 is 0 Å². The number of aromatic nitrogens is 1. The van der Waals surface area contributed by atoms with E-state index in [1.165, 1.54) is 10.8 Å². The van der Waals surface area contributed by atoms with Gasteiger partial charge in [0.25, 0.3) is 0 Å². The Kier molecular flexibility index (Phi) is 2.83. The molecule has 0 atom stereocenters. The number of rotatable bonds is 2. The van der Waals surface area contributed by atoms with Crippen molar-refractivity contribution >= 4 is 22.1 Å². The highest BCUT2D eigenvalue weighted by atomic mass is 14.9. The number of anilines is 2. The lowest BCUT2D eigenvalue weighted by molar-refractivity contribution is 1.26. The fraction of sp³-hybridized carbons (Fsp3) is 0. The summed E-state index contributed by atoms with van der Waals surface area (Å²) in [6, 6.07) is 20.0. The molecule has 0 fully saturated rings. The molecule has 0 unspecified atom stereocenters. The Morgan fingerprint density at radius 2 is 1.68 bits per heavy atom. The zero-order chi connectivity index (χ0) is 13.1. The first kappa shape index (κ1) is 11.2. The summed E-state index contributed by atoms with van der Waals surface area (Å²) in [6.45, 7) is 0. The minimum absolute atomic E-state index is 0.420. The summed E-state index contributed by atoms with van der Waals surface area (Å²) in [5, 5.41) is 14.4. The normalized spacial score (nSPS) is 10.1. The molecule has 0 saturated heterocycles. The molecule has 0 radical (unpaired) electrons.